The number of nitrogens with zero attached hydrogens (tertiary/aromatic N) is 1. The van der Waals surface area contributed by atoms with E-state index in [2.05, 4.69) is 31.0 Å². The topological polar surface area (TPSA) is 15.3 Å². The molecule has 0 aromatic rings. The Labute approximate surface area is 82.7 Å². The Morgan fingerprint density at radius 3 is 2.54 bits per heavy atom. The Bertz CT molecular complexity index is 130. The van der Waals surface area contributed by atoms with Gasteiger partial charge < -0.3 is 10.2 Å². The first-order chi connectivity index (χ1) is 6.22. The Morgan fingerprint density at radius 1 is 1.38 bits per heavy atom. The largest absolute Gasteiger partial charge is 0.313 e. The van der Waals surface area contributed by atoms with Crippen molar-refractivity contribution in [3.05, 3.63) is 0 Å². The summed E-state index contributed by atoms with van der Waals surface area (Å²) >= 11 is 0. The molecule has 0 aliphatic heterocycles. The van der Waals surface area contributed by atoms with Gasteiger partial charge in [0, 0.05) is 25.7 Å². The molecule has 1 N–H and O–H groups in total. The SMILES string of the molecule is CCN(CCNC(C)C)CC1CC1. The van der Waals surface area contributed by atoms with Crippen LogP contribution in [0.1, 0.15) is 33.6 Å². The highest BCUT2D eigenvalue weighted by molar-refractivity contribution is 4.77. The maximum Gasteiger partial charge on any atom is 0.0107 e. The van der Waals surface area contributed by atoms with Crippen LogP contribution in [0.3, 0.4) is 0 Å². The Morgan fingerprint density at radius 2 is 2.08 bits per heavy atom. The lowest BCUT2D eigenvalue weighted by atomic mass is 10.3. The average molecular weight is 184 g/mol. The van der Waals surface area contributed by atoms with Crippen LogP contribution in [0, 0.1) is 5.92 Å². The summed E-state index contributed by atoms with van der Waals surface area (Å²) in [6, 6.07) is 0.625. The van der Waals surface area contributed by atoms with E-state index in [1.165, 1.54) is 32.5 Å². The third-order valence-electron chi connectivity index (χ3n) is 2.64. The monoisotopic (exact) mass is 184 g/mol. The smallest absolute Gasteiger partial charge is 0.0107 e. The van der Waals surface area contributed by atoms with Crippen LogP contribution < -0.4 is 5.32 Å². The van der Waals surface area contributed by atoms with Gasteiger partial charge in [-0.15, -0.1) is 0 Å². The van der Waals surface area contributed by atoms with Gasteiger partial charge >= 0.3 is 0 Å². The first kappa shape index (κ1) is 11.0. The highest BCUT2D eigenvalue weighted by Crippen LogP contribution is 2.29. The minimum Gasteiger partial charge on any atom is -0.313 e. The molecule has 0 bridgehead atoms. The fourth-order valence-electron chi connectivity index (χ4n) is 1.56. The zero-order valence-corrected chi connectivity index (χ0v) is 9.34. The standard InChI is InChI=1S/C11H24N2/c1-4-13(9-11-5-6-11)8-7-12-10(2)3/h10-12H,4-9H2,1-3H3. The van der Waals surface area contributed by atoms with Crippen molar-refractivity contribution in [1.82, 2.24) is 10.2 Å². The van der Waals surface area contributed by atoms with Gasteiger partial charge in [0.25, 0.3) is 0 Å². The molecule has 1 aliphatic rings. The van der Waals surface area contributed by atoms with Crippen molar-refractivity contribution in [1.29, 1.82) is 0 Å². The second kappa shape index (κ2) is 5.61. The summed E-state index contributed by atoms with van der Waals surface area (Å²) in [5.41, 5.74) is 0. The molecule has 13 heavy (non-hydrogen) atoms. The lowest BCUT2D eigenvalue weighted by Gasteiger charge is -2.20. The van der Waals surface area contributed by atoms with Gasteiger partial charge in [-0.25, -0.2) is 0 Å². The maximum atomic E-state index is 3.46. The van der Waals surface area contributed by atoms with Gasteiger partial charge in [-0.2, -0.15) is 0 Å². The van der Waals surface area contributed by atoms with Crippen molar-refractivity contribution in [2.45, 2.75) is 39.7 Å². The zero-order valence-electron chi connectivity index (χ0n) is 9.34. The summed E-state index contributed by atoms with van der Waals surface area (Å²) in [5.74, 6) is 1.03. The average Bonchev–Trinajstić information content (AvgIpc) is 2.86. The van der Waals surface area contributed by atoms with E-state index in [0.717, 1.165) is 12.5 Å². The van der Waals surface area contributed by atoms with E-state index in [1.807, 2.05) is 0 Å². The molecule has 0 radical (unpaired) electrons. The minimum absolute atomic E-state index is 0.625. The van der Waals surface area contributed by atoms with Crippen LogP contribution in [0.25, 0.3) is 0 Å². The van der Waals surface area contributed by atoms with Gasteiger partial charge in [-0.05, 0) is 25.3 Å². The highest BCUT2D eigenvalue weighted by atomic mass is 15.1. The first-order valence-electron chi connectivity index (χ1n) is 5.68. The molecule has 0 heterocycles. The predicted molar refractivity (Wildman–Crippen MR) is 58.0 cm³/mol. The molecule has 0 aromatic carbocycles. The van der Waals surface area contributed by atoms with E-state index >= 15 is 0 Å². The molecule has 2 nitrogen and oxygen atoms in total. The summed E-state index contributed by atoms with van der Waals surface area (Å²) < 4.78 is 0. The molecule has 78 valence electrons. The van der Waals surface area contributed by atoms with E-state index in [4.69, 9.17) is 0 Å². The van der Waals surface area contributed by atoms with Crippen LogP contribution in [0.15, 0.2) is 0 Å². The number of hydrogen-bond acceptors (Lipinski definition) is 2. The Hall–Kier alpha value is -0.0800. The van der Waals surface area contributed by atoms with Crippen molar-refractivity contribution < 1.29 is 0 Å². The number of likely N-dealkylation sites (N-methyl/N-ethyl adjacent to an activating group) is 1. The second-order valence-electron chi connectivity index (χ2n) is 4.45. The molecule has 0 saturated heterocycles. The summed E-state index contributed by atoms with van der Waals surface area (Å²) in [5, 5.41) is 3.46. The molecular weight excluding hydrogens is 160 g/mol. The van der Waals surface area contributed by atoms with Gasteiger partial charge in [0.15, 0.2) is 0 Å². The third kappa shape index (κ3) is 5.27. The van der Waals surface area contributed by atoms with Crippen LogP contribution in [0.5, 0.6) is 0 Å². The van der Waals surface area contributed by atoms with Crippen molar-refractivity contribution >= 4 is 0 Å². The van der Waals surface area contributed by atoms with Gasteiger partial charge in [-0.1, -0.05) is 20.8 Å². The molecule has 1 rings (SSSR count). The van der Waals surface area contributed by atoms with Crippen LogP contribution in [-0.2, 0) is 0 Å². The van der Waals surface area contributed by atoms with Gasteiger partial charge in [-0.3, -0.25) is 0 Å². The Kier molecular flexibility index (Phi) is 4.74. The molecule has 2 heteroatoms. The van der Waals surface area contributed by atoms with Crippen LogP contribution >= 0.6 is 0 Å². The molecular formula is C11H24N2. The first-order valence-corrected chi connectivity index (χ1v) is 5.68. The molecule has 1 fully saturated rings. The van der Waals surface area contributed by atoms with E-state index in [-0.39, 0.29) is 0 Å². The lowest BCUT2D eigenvalue weighted by molar-refractivity contribution is 0.273. The van der Waals surface area contributed by atoms with Gasteiger partial charge in [0.2, 0.25) is 0 Å². The van der Waals surface area contributed by atoms with Crippen molar-refractivity contribution in [2.24, 2.45) is 5.92 Å². The van der Waals surface area contributed by atoms with Crippen molar-refractivity contribution in [3.8, 4) is 0 Å². The van der Waals surface area contributed by atoms with E-state index in [1.54, 1.807) is 0 Å². The molecule has 0 aromatic heterocycles. The normalized spacial score (nSPS) is 17.3. The van der Waals surface area contributed by atoms with E-state index in [9.17, 15) is 0 Å². The number of rotatable bonds is 7. The highest BCUT2D eigenvalue weighted by Gasteiger charge is 2.23. The van der Waals surface area contributed by atoms with Crippen LogP contribution in [-0.4, -0.2) is 37.1 Å². The van der Waals surface area contributed by atoms with Gasteiger partial charge in [0.1, 0.15) is 0 Å². The predicted octanol–water partition coefficient (Wildman–Crippen LogP) is 1.72. The minimum atomic E-state index is 0.625. The molecule has 0 spiro atoms. The number of hydrogen-bond donors (Lipinski definition) is 1. The summed E-state index contributed by atoms with van der Waals surface area (Å²) in [4.78, 5) is 2.56. The molecule has 0 amide bonds. The summed E-state index contributed by atoms with van der Waals surface area (Å²) in [7, 11) is 0. The fraction of sp³-hybridized carbons (Fsp3) is 1.00. The third-order valence-corrected chi connectivity index (χ3v) is 2.64. The summed E-state index contributed by atoms with van der Waals surface area (Å²) in [6.07, 6.45) is 2.93. The van der Waals surface area contributed by atoms with Crippen molar-refractivity contribution in [3.63, 3.8) is 0 Å². The Balaban J connectivity index is 2.01. The molecule has 0 atom stereocenters. The number of nitrogens with one attached hydrogen (secondary N) is 1. The lowest BCUT2D eigenvalue weighted by Crippen LogP contribution is -2.35. The molecule has 1 aliphatic carbocycles. The van der Waals surface area contributed by atoms with Crippen molar-refractivity contribution in [2.75, 3.05) is 26.2 Å². The fourth-order valence-corrected chi connectivity index (χ4v) is 1.56. The molecule has 1 saturated carbocycles. The second-order valence-corrected chi connectivity index (χ2v) is 4.45. The van der Waals surface area contributed by atoms with E-state index in [0.29, 0.717) is 6.04 Å². The zero-order chi connectivity index (χ0) is 9.68. The quantitative estimate of drug-likeness (QED) is 0.648. The summed E-state index contributed by atoms with van der Waals surface area (Å²) in [6.45, 7) is 11.6. The van der Waals surface area contributed by atoms with Gasteiger partial charge in [0.05, 0.1) is 0 Å². The van der Waals surface area contributed by atoms with E-state index < -0.39 is 0 Å². The van der Waals surface area contributed by atoms with Crippen LogP contribution in [0.2, 0.25) is 0 Å². The van der Waals surface area contributed by atoms with Crippen LogP contribution in [0.4, 0.5) is 0 Å². The maximum absolute atomic E-state index is 3.46. The molecule has 0 unspecified atom stereocenters.